The molecule has 1 fully saturated rings. The maximum atomic E-state index is 13.9. The van der Waals surface area contributed by atoms with Crippen LogP contribution < -0.4 is 5.32 Å². The third-order valence-electron chi connectivity index (χ3n) is 6.29. The van der Waals surface area contributed by atoms with Gasteiger partial charge in [-0.25, -0.2) is 4.68 Å². The number of piperazine rings is 1. The molecule has 1 saturated heterocycles. The lowest BCUT2D eigenvalue weighted by molar-refractivity contribution is -0.173. The summed E-state index contributed by atoms with van der Waals surface area (Å²) in [5.74, 6) is -0.402. The molecule has 2 unspecified atom stereocenters. The number of nitrogens with zero attached hydrogens (tertiary/aromatic N) is 4. The summed E-state index contributed by atoms with van der Waals surface area (Å²) in [6, 6.07) is 11.2. The molecule has 5 rings (SSSR count). The molecule has 1 amide bonds. The predicted molar refractivity (Wildman–Crippen MR) is 125 cm³/mol. The van der Waals surface area contributed by atoms with Crippen molar-refractivity contribution in [1.29, 1.82) is 0 Å². The van der Waals surface area contributed by atoms with Crippen molar-refractivity contribution in [3.63, 3.8) is 0 Å². The van der Waals surface area contributed by atoms with Crippen LogP contribution in [0.4, 0.5) is 19.0 Å². The van der Waals surface area contributed by atoms with Gasteiger partial charge in [-0.15, -0.1) is 11.3 Å². The Balaban J connectivity index is 1.34. The second-order valence-electron chi connectivity index (χ2n) is 8.52. The molecule has 11 heteroatoms. The fourth-order valence-corrected chi connectivity index (χ4v) is 5.55. The number of fused-ring (bicyclic) bond motifs is 1. The maximum absolute atomic E-state index is 13.9. The van der Waals surface area contributed by atoms with Gasteiger partial charge in [-0.1, -0.05) is 48.0 Å². The van der Waals surface area contributed by atoms with E-state index in [0.717, 1.165) is 16.1 Å². The molecular formula is C23H23ClF3N5OS. The van der Waals surface area contributed by atoms with E-state index in [4.69, 9.17) is 11.6 Å². The molecular weight excluding hydrogens is 487 g/mol. The van der Waals surface area contributed by atoms with E-state index >= 15 is 0 Å². The van der Waals surface area contributed by atoms with Crippen LogP contribution in [-0.2, 0) is 6.54 Å². The average Bonchev–Trinajstić information content (AvgIpc) is 3.47. The monoisotopic (exact) mass is 509 g/mol. The Morgan fingerprint density at radius 2 is 1.85 bits per heavy atom. The van der Waals surface area contributed by atoms with Gasteiger partial charge in [0, 0.05) is 44.0 Å². The van der Waals surface area contributed by atoms with E-state index in [1.807, 2.05) is 23.6 Å². The number of benzene rings is 1. The summed E-state index contributed by atoms with van der Waals surface area (Å²) in [5, 5.41) is 8.92. The summed E-state index contributed by atoms with van der Waals surface area (Å²) in [6.45, 7) is 3.02. The molecule has 3 aromatic rings. The smallest absolute Gasteiger partial charge is 0.361 e. The maximum Gasteiger partial charge on any atom is 0.410 e. The van der Waals surface area contributed by atoms with Crippen LogP contribution in [0.25, 0.3) is 0 Å². The van der Waals surface area contributed by atoms with E-state index in [9.17, 15) is 18.0 Å². The van der Waals surface area contributed by atoms with Gasteiger partial charge in [0.2, 0.25) is 0 Å². The van der Waals surface area contributed by atoms with Crippen molar-refractivity contribution >= 4 is 34.7 Å². The molecule has 0 spiro atoms. The van der Waals surface area contributed by atoms with Crippen LogP contribution in [-0.4, -0.2) is 57.8 Å². The molecule has 6 nitrogen and oxygen atoms in total. The highest BCUT2D eigenvalue weighted by Crippen LogP contribution is 2.47. The second kappa shape index (κ2) is 9.24. The van der Waals surface area contributed by atoms with Crippen molar-refractivity contribution in [2.24, 2.45) is 0 Å². The van der Waals surface area contributed by atoms with Crippen molar-refractivity contribution in [2.75, 3.05) is 31.5 Å². The van der Waals surface area contributed by atoms with Gasteiger partial charge < -0.3 is 10.2 Å². The molecule has 2 aliphatic rings. The summed E-state index contributed by atoms with van der Waals surface area (Å²) >= 11 is 7.84. The van der Waals surface area contributed by atoms with Gasteiger partial charge in [0.05, 0.1) is 6.04 Å². The van der Waals surface area contributed by atoms with E-state index in [-0.39, 0.29) is 23.0 Å². The molecule has 1 aromatic carbocycles. The van der Waals surface area contributed by atoms with Crippen LogP contribution in [0.15, 0.2) is 47.8 Å². The number of amides is 1. The molecule has 0 aliphatic carbocycles. The summed E-state index contributed by atoms with van der Waals surface area (Å²) in [4.78, 5) is 17.8. The Labute approximate surface area is 203 Å². The lowest BCUT2D eigenvalue weighted by atomic mass is 10.0. The number of alkyl halides is 3. The minimum absolute atomic E-state index is 0.0414. The fourth-order valence-electron chi connectivity index (χ4n) is 4.50. The number of carbonyl (C=O) groups excluding carboxylic acids is 1. The molecule has 2 atom stereocenters. The second-order valence-corrected chi connectivity index (χ2v) is 9.87. The van der Waals surface area contributed by atoms with Crippen molar-refractivity contribution in [1.82, 2.24) is 19.6 Å². The Morgan fingerprint density at radius 1 is 1.12 bits per heavy atom. The Bertz CT molecular complexity index is 1140. The van der Waals surface area contributed by atoms with Gasteiger partial charge in [-0.2, -0.15) is 18.3 Å². The van der Waals surface area contributed by atoms with Crippen LogP contribution in [0.1, 0.15) is 39.4 Å². The van der Waals surface area contributed by atoms with E-state index in [0.29, 0.717) is 26.2 Å². The van der Waals surface area contributed by atoms with Gasteiger partial charge in [-0.3, -0.25) is 9.69 Å². The van der Waals surface area contributed by atoms with Gasteiger partial charge in [0.25, 0.3) is 5.91 Å². The summed E-state index contributed by atoms with van der Waals surface area (Å²) in [7, 11) is 0. The first-order valence-electron chi connectivity index (χ1n) is 11.0. The molecule has 0 radical (unpaired) electrons. The minimum Gasteiger partial charge on any atom is -0.361 e. The third-order valence-corrected chi connectivity index (χ3v) is 7.64. The standard InChI is InChI=1S/C23H23ClF3N5OS/c24-19-20(22(33)31-10-8-30(9-11-31)14-15-5-2-1-3-6-15)29-32-18(23(25,26)27)13-16(28-21(19)32)17-7-4-12-34-17/h1-7,12,16,18,28H,8-11,13-14H2. The number of rotatable bonds is 4. The molecule has 0 saturated carbocycles. The Kier molecular flexibility index (Phi) is 6.30. The number of hydrogen-bond donors (Lipinski definition) is 1. The average molecular weight is 510 g/mol. The summed E-state index contributed by atoms with van der Waals surface area (Å²) < 4.78 is 42.6. The molecule has 2 aliphatic heterocycles. The third kappa shape index (κ3) is 4.54. The number of thiophene rings is 1. The number of carbonyl (C=O) groups is 1. The highest BCUT2D eigenvalue weighted by atomic mass is 35.5. The van der Waals surface area contributed by atoms with Crippen LogP contribution in [0, 0.1) is 0 Å². The largest absolute Gasteiger partial charge is 0.410 e. The number of anilines is 1. The Morgan fingerprint density at radius 3 is 2.50 bits per heavy atom. The van der Waals surface area contributed by atoms with Crippen molar-refractivity contribution in [3.05, 3.63) is 69.0 Å². The summed E-state index contributed by atoms with van der Waals surface area (Å²) in [5.41, 5.74) is 1.05. The minimum atomic E-state index is -4.52. The van der Waals surface area contributed by atoms with Gasteiger partial charge in [0.1, 0.15) is 10.8 Å². The zero-order valence-electron chi connectivity index (χ0n) is 18.1. The molecule has 34 heavy (non-hydrogen) atoms. The quantitative estimate of drug-likeness (QED) is 0.524. The molecule has 0 bridgehead atoms. The van der Waals surface area contributed by atoms with Gasteiger partial charge in [-0.05, 0) is 17.0 Å². The highest BCUT2D eigenvalue weighted by Gasteiger charge is 2.48. The van der Waals surface area contributed by atoms with E-state index in [1.165, 1.54) is 16.9 Å². The van der Waals surface area contributed by atoms with Crippen molar-refractivity contribution in [3.8, 4) is 0 Å². The Hall–Kier alpha value is -2.56. The van der Waals surface area contributed by atoms with Crippen molar-refractivity contribution in [2.45, 2.75) is 31.2 Å². The molecule has 180 valence electrons. The van der Waals surface area contributed by atoms with E-state index < -0.39 is 24.2 Å². The van der Waals surface area contributed by atoms with Crippen LogP contribution >= 0.6 is 22.9 Å². The van der Waals surface area contributed by atoms with Crippen LogP contribution in [0.3, 0.4) is 0 Å². The van der Waals surface area contributed by atoms with Crippen LogP contribution in [0.5, 0.6) is 0 Å². The SMILES string of the molecule is O=C(c1nn2c(c1Cl)NC(c1cccs1)CC2C(F)(F)F)N1CCN(Cc2ccccc2)CC1. The lowest BCUT2D eigenvalue weighted by Crippen LogP contribution is -2.48. The molecule has 1 N–H and O–H groups in total. The first-order chi connectivity index (χ1) is 16.3. The first-order valence-corrected chi connectivity index (χ1v) is 12.3. The number of hydrogen-bond acceptors (Lipinski definition) is 5. The first kappa shape index (κ1) is 23.2. The van der Waals surface area contributed by atoms with E-state index in [2.05, 4.69) is 27.4 Å². The van der Waals surface area contributed by atoms with Gasteiger partial charge >= 0.3 is 6.18 Å². The van der Waals surface area contributed by atoms with Crippen LogP contribution in [0.2, 0.25) is 5.02 Å². The number of aromatic nitrogens is 2. The lowest BCUT2D eigenvalue weighted by Gasteiger charge is -2.34. The predicted octanol–water partition coefficient (Wildman–Crippen LogP) is 5.22. The van der Waals surface area contributed by atoms with Crippen molar-refractivity contribution < 1.29 is 18.0 Å². The zero-order valence-corrected chi connectivity index (χ0v) is 19.7. The molecule has 2 aromatic heterocycles. The normalized spacial score (nSPS) is 21.2. The summed E-state index contributed by atoms with van der Waals surface area (Å²) in [6.07, 6.45) is -4.74. The van der Waals surface area contributed by atoms with E-state index in [1.54, 1.807) is 17.0 Å². The number of nitrogens with one attached hydrogen (secondary N) is 1. The fraction of sp³-hybridized carbons (Fsp3) is 0.391. The molecule has 4 heterocycles. The number of halogens is 4. The van der Waals surface area contributed by atoms with Gasteiger partial charge in [0.15, 0.2) is 11.7 Å². The topological polar surface area (TPSA) is 53.4 Å². The zero-order chi connectivity index (χ0) is 23.9. The highest BCUT2D eigenvalue weighted by molar-refractivity contribution is 7.10.